The molecule has 1 rings (SSSR count). The van der Waals surface area contributed by atoms with Crippen molar-refractivity contribution >= 4 is 29.0 Å². The summed E-state index contributed by atoms with van der Waals surface area (Å²) >= 11 is 0. The van der Waals surface area contributed by atoms with Gasteiger partial charge in [-0.05, 0) is 66.5 Å². The van der Waals surface area contributed by atoms with Crippen LogP contribution in [0.25, 0.3) is 0 Å². The minimum absolute atomic E-state index is 0.604. The number of hydrogen-bond acceptors (Lipinski definition) is 8. The van der Waals surface area contributed by atoms with E-state index in [1.165, 1.54) is 0 Å². The zero-order chi connectivity index (χ0) is 25.1. The fourth-order valence-electron chi connectivity index (χ4n) is 3.85. The molecule has 0 saturated carbocycles. The van der Waals surface area contributed by atoms with E-state index in [4.69, 9.17) is 26.6 Å². The second-order valence-electron chi connectivity index (χ2n) is 7.57. The lowest BCUT2D eigenvalue weighted by Crippen LogP contribution is -2.46. The van der Waals surface area contributed by atoms with Gasteiger partial charge in [0.2, 0.25) is 0 Å². The predicted octanol–water partition coefficient (Wildman–Crippen LogP) is 5.39. The molecule has 2 N–H and O–H groups in total. The van der Waals surface area contributed by atoms with E-state index in [-0.39, 0.29) is 0 Å². The van der Waals surface area contributed by atoms with Crippen molar-refractivity contribution in [1.29, 1.82) is 0 Å². The van der Waals surface area contributed by atoms with Gasteiger partial charge in [-0.25, -0.2) is 0 Å². The Kier molecular flexibility index (Phi) is 16.7. The van der Waals surface area contributed by atoms with Crippen molar-refractivity contribution < 1.29 is 26.6 Å². The van der Waals surface area contributed by atoms with E-state index in [0.717, 1.165) is 49.4 Å². The highest BCUT2D eigenvalue weighted by Gasteiger charge is 2.40. The number of nitrogens with one attached hydrogen (secondary N) is 2. The topological polar surface area (TPSA) is 79.4 Å². The van der Waals surface area contributed by atoms with E-state index in [1.807, 2.05) is 53.7 Å². The molecule has 10 heteroatoms. The smallest absolute Gasteiger partial charge is 0.383 e. The number of para-hydroxylation sites is 2. The molecule has 0 radical (unpaired) electrons. The van der Waals surface area contributed by atoms with E-state index >= 15 is 0 Å². The summed E-state index contributed by atoms with van der Waals surface area (Å²) in [7, 11) is -5.20. The first kappa shape index (κ1) is 31.0. The lowest BCUT2D eigenvalue weighted by molar-refractivity contribution is 0.0702. The Morgan fingerprint density at radius 3 is 1.09 bits per heavy atom. The Morgan fingerprint density at radius 2 is 0.824 bits per heavy atom. The molecule has 1 aromatic carbocycles. The third kappa shape index (κ3) is 11.2. The second-order valence-corrected chi connectivity index (χ2v) is 13.0. The van der Waals surface area contributed by atoms with E-state index in [2.05, 4.69) is 22.8 Å². The van der Waals surface area contributed by atoms with Crippen molar-refractivity contribution in [3.05, 3.63) is 24.3 Å². The van der Waals surface area contributed by atoms with E-state index in [1.54, 1.807) is 0 Å². The Hall–Kier alpha value is -0.986. The van der Waals surface area contributed by atoms with Crippen LogP contribution >= 0.6 is 0 Å². The van der Waals surface area contributed by atoms with Gasteiger partial charge in [-0.2, -0.15) is 0 Å². The molecule has 0 aliphatic heterocycles. The van der Waals surface area contributed by atoms with Gasteiger partial charge in [-0.15, -0.1) is 0 Å². The Labute approximate surface area is 209 Å². The van der Waals surface area contributed by atoms with Gasteiger partial charge in [0.15, 0.2) is 0 Å². The fourth-order valence-corrected chi connectivity index (χ4v) is 9.07. The van der Waals surface area contributed by atoms with Crippen LogP contribution in [-0.2, 0) is 26.6 Å². The van der Waals surface area contributed by atoms with Crippen LogP contribution < -0.4 is 10.6 Å². The van der Waals surface area contributed by atoms with Crippen LogP contribution in [0.2, 0.25) is 12.1 Å². The number of anilines is 2. The quantitative estimate of drug-likeness (QED) is 0.157. The van der Waals surface area contributed by atoms with Crippen LogP contribution in [-0.4, -0.2) is 70.3 Å². The van der Waals surface area contributed by atoms with E-state index in [0.29, 0.717) is 39.6 Å². The molecule has 198 valence electrons. The van der Waals surface area contributed by atoms with Gasteiger partial charge < -0.3 is 37.2 Å². The molecule has 8 nitrogen and oxygen atoms in total. The summed E-state index contributed by atoms with van der Waals surface area (Å²) in [4.78, 5) is 0. The molecule has 0 atom stereocenters. The van der Waals surface area contributed by atoms with Gasteiger partial charge >= 0.3 is 17.6 Å². The van der Waals surface area contributed by atoms with Crippen LogP contribution in [0, 0.1) is 0 Å². The molecule has 0 amide bonds. The van der Waals surface area contributed by atoms with Crippen molar-refractivity contribution in [3.63, 3.8) is 0 Å². The first-order valence-electron chi connectivity index (χ1n) is 12.9. The van der Waals surface area contributed by atoms with Gasteiger partial charge in [0.25, 0.3) is 0 Å². The summed E-state index contributed by atoms with van der Waals surface area (Å²) in [5, 5.41) is 7.12. The van der Waals surface area contributed by atoms with Crippen LogP contribution in [0.5, 0.6) is 0 Å². The summed E-state index contributed by atoms with van der Waals surface area (Å²) in [6.45, 7) is 17.2. The summed E-state index contributed by atoms with van der Waals surface area (Å²) in [6, 6.07) is 9.88. The van der Waals surface area contributed by atoms with Crippen molar-refractivity contribution in [2.45, 2.75) is 66.5 Å². The highest BCUT2D eigenvalue weighted by Crippen LogP contribution is 2.24. The standard InChI is InChI=1S/C24H48N2O6Si2/c1-7-27-33(28-8-2,29-9-3)21-15-19-25-23-17-13-14-18-24(23)26-20-16-22-34(30-10-4,31-11-5)32-12-6/h13-14,17-18,25-26H,7-12,15-16,19-22H2,1-6H3. The van der Waals surface area contributed by atoms with Gasteiger partial charge in [0.1, 0.15) is 0 Å². The van der Waals surface area contributed by atoms with E-state index < -0.39 is 17.6 Å². The maximum atomic E-state index is 5.96. The summed E-state index contributed by atoms with van der Waals surface area (Å²) in [6.07, 6.45) is 1.82. The predicted molar refractivity (Wildman–Crippen MR) is 144 cm³/mol. The maximum absolute atomic E-state index is 5.96. The average molecular weight is 517 g/mol. The zero-order valence-corrected chi connectivity index (χ0v) is 24.2. The van der Waals surface area contributed by atoms with E-state index in [9.17, 15) is 0 Å². The molecule has 0 aromatic heterocycles. The molecule has 0 unspecified atom stereocenters. The van der Waals surface area contributed by atoms with Crippen molar-refractivity contribution in [2.24, 2.45) is 0 Å². The molecule has 0 aliphatic carbocycles. The van der Waals surface area contributed by atoms with Crippen LogP contribution in [0.15, 0.2) is 24.3 Å². The summed E-state index contributed by atoms with van der Waals surface area (Å²) in [5.41, 5.74) is 2.17. The molecular formula is C24H48N2O6Si2. The Balaban J connectivity index is 2.60. The maximum Gasteiger partial charge on any atom is 0.500 e. The molecule has 0 spiro atoms. The lowest BCUT2D eigenvalue weighted by Gasteiger charge is -2.28. The number of rotatable bonds is 22. The molecule has 34 heavy (non-hydrogen) atoms. The summed E-state index contributed by atoms with van der Waals surface area (Å²) < 4.78 is 35.7. The monoisotopic (exact) mass is 516 g/mol. The Bertz CT molecular complexity index is 554. The summed E-state index contributed by atoms with van der Waals surface area (Å²) in [5.74, 6) is 0. The van der Waals surface area contributed by atoms with Gasteiger partial charge in [0.05, 0.1) is 11.4 Å². The van der Waals surface area contributed by atoms with Gasteiger partial charge in [-0.3, -0.25) is 0 Å². The minimum atomic E-state index is -2.60. The third-order valence-electron chi connectivity index (χ3n) is 5.06. The highest BCUT2D eigenvalue weighted by atomic mass is 28.4. The average Bonchev–Trinajstić information content (AvgIpc) is 2.81. The van der Waals surface area contributed by atoms with Crippen LogP contribution in [0.4, 0.5) is 11.4 Å². The first-order chi connectivity index (χ1) is 16.5. The fraction of sp³-hybridized carbons (Fsp3) is 0.750. The highest BCUT2D eigenvalue weighted by molar-refractivity contribution is 6.61. The third-order valence-corrected chi connectivity index (χ3v) is 11.4. The molecule has 0 bridgehead atoms. The lowest BCUT2D eigenvalue weighted by atomic mass is 10.2. The molecule has 0 saturated heterocycles. The number of benzene rings is 1. The molecule has 1 aromatic rings. The Morgan fingerprint density at radius 1 is 0.529 bits per heavy atom. The van der Waals surface area contributed by atoms with Crippen LogP contribution in [0.3, 0.4) is 0 Å². The van der Waals surface area contributed by atoms with Crippen molar-refractivity contribution in [3.8, 4) is 0 Å². The molecular weight excluding hydrogens is 468 g/mol. The first-order valence-corrected chi connectivity index (χ1v) is 16.8. The van der Waals surface area contributed by atoms with Gasteiger partial charge in [0, 0.05) is 64.8 Å². The largest absolute Gasteiger partial charge is 0.500 e. The van der Waals surface area contributed by atoms with Gasteiger partial charge in [-0.1, -0.05) is 12.1 Å². The molecule has 0 fully saturated rings. The number of hydrogen-bond donors (Lipinski definition) is 2. The zero-order valence-electron chi connectivity index (χ0n) is 22.2. The molecule has 0 aliphatic rings. The normalized spacial score (nSPS) is 12.2. The second kappa shape index (κ2) is 18.3. The van der Waals surface area contributed by atoms with Crippen molar-refractivity contribution in [1.82, 2.24) is 0 Å². The SMILES string of the molecule is CCO[Si](CCCNc1ccccc1NCCC[Si](OCC)(OCC)OCC)(OCC)OCC. The van der Waals surface area contributed by atoms with Crippen molar-refractivity contribution in [2.75, 3.05) is 63.4 Å². The molecule has 0 heterocycles. The minimum Gasteiger partial charge on any atom is -0.383 e. The van der Waals surface area contributed by atoms with Crippen LogP contribution in [0.1, 0.15) is 54.4 Å².